The smallest absolute Gasteiger partial charge is 0.241 e. The first-order chi connectivity index (χ1) is 12.0. The van der Waals surface area contributed by atoms with Gasteiger partial charge in [0.05, 0.1) is 16.8 Å². The lowest BCUT2D eigenvalue weighted by molar-refractivity contribution is -0.120. The molecule has 1 aliphatic rings. The number of anilines is 2. The molecule has 2 heterocycles. The van der Waals surface area contributed by atoms with Crippen LogP contribution in [0.25, 0.3) is 0 Å². The summed E-state index contributed by atoms with van der Waals surface area (Å²) in [5.41, 5.74) is 0.423. The summed E-state index contributed by atoms with van der Waals surface area (Å²) < 4.78 is 13.1. The second kappa shape index (κ2) is 7.80. The number of carbonyl (C=O) groups is 1. The van der Waals surface area contributed by atoms with E-state index in [-0.39, 0.29) is 17.0 Å². The zero-order valence-electron chi connectivity index (χ0n) is 14.0. The molecule has 2 aromatic rings. The third-order valence-electron chi connectivity index (χ3n) is 4.40. The van der Waals surface area contributed by atoms with Crippen LogP contribution in [0.1, 0.15) is 6.92 Å². The molecule has 0 radical (unpaired) electrons. The predicted octanol–water partition coefficient (Wildman–Crippen LogP) is 3.02. The van der Waals surface area contributed by atoms with Crippen molar-refractivity contribution >= 4 is 29.0 Å². The number of hydrogen-bond donors (Lipinski definition) is 1. The topological polar surface area (TPSA) is 48.5 Å². The Hall–Kier alpha value is -2.18. The molecule has 1 fully saturated rings. The lowest BCUT2D eigenvalue weighted by atomic mass is 10.2. The van der Waals surface area contributed by atoms with Crippen LogP contribution in [-0.4, -0.2) is 48.0 Å². The monoisotopic (exact) mass is 362 g/mol. The summed E-state index contributed by atoms with van der Waals surface area (Å²) >= 11 is 5.97. The average molecular weight is 363 g/mol. The van der Waals surface area contributed by atoms with E-state index in [0.29, 0.717) is 5.69 Å². The number of piperazine rings is 1. The maximum absolute atomic E-state index is 13.1. The predicted molar refractivity (Wildman–Crippen MR) is 97.5 cm³/mol. The molecule has 1 N–H and O–H groups in total. The molecule has 1 aromatic heterocycles. The normalized spacial score (nSPS) is 16.5. The molecule has 1 aromatic carbocycles. The van der Waals surface area contributed by atoms with Gasteiger partial charge in [-0.05, 0) is 37.3 Å². The molecule has 0 saturated carbocycles. The minimum atomic E-state index is -0.429. The van der Waals surface area contributed by atoms with E-state index in [9.17, 15) is 9.18 Å². The van der Waals surface area contributed by atoms with Crippen LogP contribution in [0.2, 0.25) is 5.02 Å². The second-order valence-corrected chi connectivity index (χ2v) is 6.41. The molecule has 1 saturated heterocycles. The molecule has 0 spiro atoms. The summed E-state index contributed by atoms with van der Waals surface area (Å²) in [5, 5.41) is 2.97. The van der Waals surface area contributed by atoms with E-state index in [1.54, 1.807) is 6.20 Å². The standard InChI is InChI=1S/C18H20ClFN4O/c1-13(18(25)22-16-6-5-14(20)12-15(16)19)23-8-10-24(11-9-23)17-4-2-3-7-21-17/h2-7,12-13H,8-11H2,1H3,(H,22,25). The molecule has 3 rings (SSSR count). The van der Waals surface area contributed by atoms with Crippen LogP contribution in [0.3, 0.4) is 0 Å². The lowest BCUT2D eigenvalue weighted by Gasteiger charge is -2.37. The first kappa shape index (κ1) is 17.6. The van der Waals surface area contributed by atoms with E-state index in [0.717, 1.165) is 32.0 Å². The zero-order chi connectivity index (χ0) is 17.8. The first-order valence-corrected chi connectivity index (χ1v) is 8.58. The molecule has 1 aliphatic heterocycles. The Morgan fingerprint density at radius 3 is 2.64 bits per heavy atom. The van der Waals surface area contributed by atoms with Gasteiger partial charge in [-0.25, -0.2) is 9.37 Å². The van der Waals surface area contributed by atoms with E-state index < -0.39 is 5.82 Å². The SMILES string of the molecule is CC(C(=O)Nc1ccc(F)cc1Cl)N1CCN(c2ccccn2)CC1. The third kappa shape index (κ3) is 4.27. The van der Waals surface area contributed by atoms with Gasteiger partial charge >= 0.3 is 0 Å². The third-order valence-corrected chi connectivity index (χ3v) is 4.72. The number of nitrogens with one attached hydrogen (secondary N) is 1. The zero-order valence-corrected chi connectivity index (χ0v) is 14.7. The summed E-state index contributed by atoms with van der Waals surface area (Å²) in [6, 6.07) is 9.49. The summed E-state index contributed by atoms with van der Waals surface area (Å²) in [5.74, 6) is 0.374. The molecule has 0 aliphatic carbocycles. The van der Waals surface area contributed by atoms with Crippen molar-refractivity contribution in [2.24, 2.45) is 0 Å². The van der Waals surface area contributed by atoms with E-state index in [2.05, 4.69) is 20.1 Å². The van der Waals surface area contributed by atoms with Crippen LogP contribution >= 0.6 is 11.6 Å². The van der Waals surface area contributed by atoms with Crippen LogP contribution < -0.4 is 10.2 Å². The number of amides is 1. The quantitative estimate of drug-likeness (QED) is 0.908. The largest absolute Gasteiger partial charge is 0.354 e. The van der Waals surface area contributed by atoms with Gasteiger partial charge < -0.3 is 10.2 Å². The molecule has 5 nitrogen and oxygen atoms in total. The lowest BCUT2D eigenvalue weighted by Crippen LogP contribution is -2.53. The van der Waals surface area contributed by atoms with E-state index in [4.69, 9.17) is 11.6 Å². The summed E-state index contributed by atoms with van der Waals surface area (Å²) in [6.07, 6.45) is 1.78. The molecule has 25 heavy (non-hydrogen) atoms. The van der Waals surface area contributed by atoms with Gasteiger partial charge in [0.1, 0.15) is 11.6 Å². The maximum Gasteiger partial charge on any atom is 0.241 e. The van der Waals surface area contributed by atoms with Crippen molar-refractivity contribution in [2.75, 3.05) is 36.4 Å². The van der Waals surface area contributed by atoms with Crippen molar-refractivity contribution in [2.45, 2.75) is 13.0 Å². The van der Waals surface area contributed by atoms with E-state index >= 15 is 0 Å². The van der Waals surface area contributed by atoms with Gasteiger partial charge in [0.25, 0.3) is 0 Å². The number of halogens is 2. The molecule has 1 atom stereocenters. The van der Waals surface area contributed by atoms with Crippen LogP contribution in [0.15, 0.2) is 42.6 Å². The van der Waals surface area contributed by atoms with Crippen molar-refractivity contribution in [3.63, 3.8) is 0 Å². The Balaban J connectivity index is 1.56. The van der Waals surface area contributed by atoms with E-state index in [1.807, 2.05) is 25.1 Å². The Morgan fingerprint density at radius 2 is 2.00 bits per heavy atom. The summed E-state index contributed by atoms with van der Waals surface area (Å²) in [7, 11) is 0. The Kier molecular flexibility index (Phi) is 5.50. The first-order valence-electron chi connectivity index (χ1n) is 8.20. The summed E-state index contributed by atoms with van der Waals surface area (Å²) in [6.45, 7) is 5.02. The molecule has 1 amide bonds. The number of aromatic nitrogens is 1. The van der Waals surface area contributed by atoms with Crippen molar-refractivity contribution in [1.82, 2.24) is 9.88 Å². The van der Waals surface area contributed by atoms with Crippen LogP contribution in [0.4, 0.5) is 15.9 Å². The van der Waals surface area contributed by atoms with Gasteiger partial charge in [0, 0.05) is 32.4 Å². The van der Waals surface area contributed by atoms with Crippen LogP contribution in [0, 0.1) is 5.82 Å². The van der Waals surface area contributed by atoms with Gasteiger partial charge in [-0.15, -0.1) is 0 Å². The van der Waals surface area contributed by atoms with E-state index in [1.165, 1.54) is 18.2 Å². The number of benzene rings is 1. The highest BCUT2D eigenvalue weighted by atomic mass is 35.5. The minimum absolute atomic E-state index is 0.153. The van der Waals surface area contributed by atoms with Gasteiger partial charge in [0.2, 0.25) is 5.91 Å². The molecular weight excluding hydrogens is 343 g/mol. The highest BCUT2D eigenvalue weighted by Crippen LogP contribution is 2.23. The van der Waals surface area contributed by atoms with Gasteiger partial charge in [-0.2, -0.15) is 0 Å². The summed E-state index contributed by atoms with van der Waals surface area (Å²) in [4.78, 5) is 21.2. The number of hydrogen-bond acceptors (Lipinski definition) is 4. The van der Waals surface area contributed by atoms with Crippen molar-refractivity contribution in [3.8, 4) is 0 Å². The van der Waals surface area contributed by atoms with Crippen molar-refractivity contribution in [3.05, 3.63) is 53.4 Å². The number of nitrogens with zero attached hydrogens (tertiary/aromatic N) is 3. The molecule has 132 valence electrons. The molecule has 0 bridgehead atoms. The Labute approximate surface area is 151 Å². The second-order valence-electron chi connectivity index (χ2n) is 6.00. The molecule has 7 heteroatoms. The Morgan fingerprint density at radius 1 is 1.24 bits per heavy atom. The number of rotatable bonds is 4. The maximum atomic E-state index is 13.1. The average Bonchev–Trinajstić information content (AvgIpc) is 2.64. The molecule has 1 unspecified atom stereocenters. The fourth-order valence-electron chi connectivity index (χ4n) is 2.87. The fourth-order valence-corrected chi connectivity index (χ4v) is 3.09. The van der Waals surface area contributed by atoms with Gasteiger partial charge in [-0.1, -0.05) is 17.7 Å². The highest BCUT2D eigenvalue weighted by Gasteiger charge is 2.26. The number of carbonyl (C=O) groups excluding carboxylic acids is 1. The number of pyridine rings is 1. The molecular formula is C18H20ClFN4O. The van der Waals surface area contributed by atoms with Gasteiger partial charge in [0.15, 0.2) is 0 Å². The highest BCUT2D eigenvalue weighted by molar-refractivity contribution is 6.33. The van der Waals surface area contributed by atoms with Gasteiger partial charge in [-0.3, -0.25) is 9.69 Å². The van der Waals surface area contributed by atoms with Crippen molar-refractivity contribution in [1.29, 1.82) is 0 Å². The van der Waals surface area contributed by atoms with Crippen LogP contribution in [-0.2, 0) is 4.79 Å². The Bertz CT molecular complexity index is 735. The van der Waals surface area contributed by atoms with Crippen LogP contribution in [0.5, 0.6) is 0 Å². The minimum Gasteiger partial charge on any atom is -0.354 e. The fraction of sp³-hybridized carbons (Fsp3) is 0.333. The van der Waals surface area contributed by atoms with Crippen molar-refractivity contribution < 1.29 is 9.18 Å².